The number of rotatable bonds is 10. The van der Waals surface area contributed by atoms with Gasteiger partial charge in [-0.25, -0.2) is 14.6 Å². The molecule has 16 nitrogen and oxygen atoms in total. The normalized spacial score (nSPS) is 22.8. The van der Waals surface area contributed by atoms with Gasteiger partial charge in [0.2, 0.25) is 17.7 Å². The number of nitrogens with one attached hydrogen (secondary N) is 2. The number of nitrogens with zero attached hydrogens (tertiary/aromatic N) is 8. The number of pyridine rings is 1. The first-order valence-electron chi connectivity index (χ1n) is 20.0. The number of benzene rings is 1. The van der Waals surface area contributed by atoms with E-state index < -0.39 is 11.9 Å². The Bertz CT molecular complexity index is 2410. The monoisotopic (exact) mass is 769 g/mol. The molecule has 4 aromatic heterocycles. The number of hydrogen-bond acceptors (Lipinski definition) is 12. The number of likely N-dealkylation sites (tertiary alicyclic amines) is 1. The SMILES string of the molecule is Nc1ncnc2c1c(-c1noc(C3CC3)c1-c1ccccn1)nn2C1CC(C(=O)NCCN2CCC(c3ccc4c(c3)CN([C@@H]3CCC(=O)NC3=O)C4=O)CC2)C1. The molecule has 0 unspecified atom stereocenters. The number of carbonyl (C=O) groups is 4. The van der Waals surface area contributed by atoms with Crippen LogP contribution >= 0.6 is 0 Å². The van der Waals surface area contributed by atoms with Crippen molar-refractivity contribution in [2.75, 3.05) is 31.9 Å². The second-order valence-corrected chi connectivity index (χ2v) is 16.1. The maximum absolute atomic E-state index is 13.3. The summed E-state index contributed by atoms with van der Waals surface area (Å²) in [4.78, 5) is 67.9. The van der Waals surface area contributed by atoms with Crippen molar-refractivity contribution in [3.8, 4) is 22.6 Å². The number of nitrogen functional groups attached to an aromatic ring is 1. The molecule has 10 rings (SSSR count). The summed E-state index contributed by atoms with van der Waals surface area (Å²) in [6.07, 6.45) is 9.10. The molecule has 2 aliphatic carbocycles. The molecule has 7 heterocycles. The molecular weight excluding hydrogens is 727 g/mol. The van der Waals surface area contributed by atoms with E-state index in [0.29, 0.717) is 78.0 Å². The molecule has 2 saturated heterocycles. The van der Waals surface area contributed by atoms with Gasteiger partial charge >= 0.3 is 0 Å². The fourth-order valence-corrected chi connectivity index (χ4v) is 9.08. The lowest BCUT2D eigenvalue weighted by atomic mass is 9.79. The maximum Gasteiger partial charge on any atom is 0.255 e. The zero-order valence-corrected chi connectivity index (χ0v) is 31.4. The van der Waals surface area contributed by atoms with Crippen molar-refractivity contribution in [2.24, 2.45) is 5.92 Å². The van der Waals surface area contributed by atoms with Crippen LogP contribution in [0.3, 0.4) is 0 Å². The molecule has 0 bridgehead atoms. The fourth-order valence-electron chi connectivity index (χ4n) is 9.08. The van der Waals surface area contributed by atoms with Gasteiger partial charge in [0.05, 0.1) is 22.7 Å². The molecule has 4 amide bonds. The average Bonchev–Trinajstić information content (AvgIpc) is 3.71. The van der Waals surface area contributed by atoms with Crippen LogP contribution in [0.1, 0.15) is 96.5 Å². The van der Waals surface area contributed by atoms with Gasteiger partial charge in [-0.3, -0.25) is 29.5 Å². The minimum Gasteiger partial charge on any atom is -0.383 e. The molecule has 1 atom stereocenters. The number of piperidine rings is 2. The van der Waals surface area contributed by atoms with E-state index >= 15 is 0 Å². The van der Waals surface area contributed by atoms with Crippen LogP contribution in [0.4, 0.5) is 5.82 Å². The first-order valence-corrected chi connectivity index (χ1v) is 20.0. The van der Waals surface area contributed by atoms with Crippen LogP contribution < -0.4 is 16.4 Å². The number of fused-ring (bicyclic) bond motifs is 2. The summed E-state index contributed by atoms with van der Waals surface area (Å²) < 4.78 is 7.79. The highest BCUT2D eigenvalue weighted by molar-refractivity contribution is 6.05. The van der Waals surface area contributed by atoms with Crippen LogP contribution in [0.15, 0.2) is 53.4 Å². The van der Waals surface area contributed by atoms with Crippen molar-refractivity contribution in [3.05, 3.63) is 71.4 Å². The van der Waals surface area contributed by atoms with Crippen molar-refractivity contribution in [3.63, 3.8) is 0 Å². The highest BCUT2D eigenvalue weighted by atomic mass is 16.5. The van der Waals surface area contributed by atoms with Gasteiger partial charge < -0.3 is 25.4 Å². The summed E-state index contributed by atoms with van der Waals surface area (Å²) in [6, 6.07) is 11.2. The second-order valence-electron chi connectivity index (χ2n) is 16.1. The largest absolute Gasteiger partial charge is 0.383 e. The number of carbonyl (C=O) groups excluding carboxylic acids is 4. The zero-order chi connectivity index (χ0) is 38.8. The van der Waals surface area contributed by atoms with Crippen molar-refractivity contribution in [1.29, 1.82) is 0 Å². The number of amides is 4. The van der Waals surface area contributed by atoms with Gasteiger partial charge in [-0.05, 0) is 93.3 Å². The topological polar surface area (TPSA) is 207 Å². The highest BCUT2D eigenvalue weighted by Gasteiger charge is 2.41. The molecule has 0 radical (unpaired) electrons. The number of anilines is 1. The molecule has 4 fully saturated rings. The van der Waals surface area contributed by atoms with Crippen molar-refractivity contribution in [1.82, 2.24) is 50.3 Å². The minimum absolute atomic E-state index is 0.0312. The lowest BCUT2D eigenvalue weighted by Crippen LogP contribution is -2.52. The molecule has 292 valence electrons. The van der Waals surface area contributed by atoms with E-state index in [2.05, 4.69) is 41.7 Å². The number of hydrogen-bond donors (Lipinski definition) is 3. The molecule has 57 heavy (non-hydrogen) atoms. The third-order valence-electron chi connectivity index (χ3n) is 12.5. The Hall–Kier alpha value is -6.03. The van der Waals surface area contributed by atoms with Crippen LogP contribution in [0.5, 0.6) is 0 Å². The first kappa shape index (κ1) is 35.4. The average molecular weight is 770 g/mol. The van der Waals surface area contributed by atoms with E-state index in [-0.39, 0.29) is 36.1 Å². The van der Waals surface area contributed by atoms with Crippen LogP contribution in [0, 0.1) is 5.92 Å². The Labute approximate surface area is 327 Å². The summed E-state index contributed by atoms with van der Waals surface area (Å²) in [7, 11) is 0. The van der Waals surface area contributed by atoms with E-state index in [0.717, 1.165) is 67.9 Å². The summed E-state index contributed by atoms with van der Waals surface area (Å²) in [5, 5.41) is 15.7. The summed E-state index contributed by atoms with van der Waals surface area (Å²) in [6.45, 7) is 3.57. The van der Waals surface area contributed by atoms with Crippen LogP contribution in [0.2, 0.25) is 0 Å². The van der Waals surface area contributed by atoms with Gasteiger partial charge in [0.25, 0.3) is 5.91 Å². The predicted octanol–water partition coefficient (Wildman–Crippen LogP) is 3.71. The maximum atomic E-state index is 13.3. The Balaban J connectivity index is 0.734. The molecule has 5 aliphatic rings. The Kier molecular flexibility index (Phi) is 8.80. The molecular formula is C41H43N11O5. The summed E-state index contributed by atoms with van der Waals surface area (Å²) >= 11 is 0. The van der Waals surface area contributed by atoms with Gasteiger partial charge in [0.1, 0.15) is 35.3 Å². The Morgan fingerprint density at radius 1 is 0.965 bits per heavy atom. The Morgan fingerprint density at radius 3 is 2.58 bits per heavy atom. The Morgan fingerprint density at radius 2 is 1.81 bits per heavy atom. The van der Waals surface area contributed by atoms with E-state index in [1.54, 1.807) is 11.1 Å². The van der Waals surface area contributed by atoms with Gasteiger partial charge in [-0.2, -0.15) is 5.10 Å². The van der Waals surface area contributed by atoms with Crippen molar-refractivity contribution >= 4 is 40.5 Å². The number of aromatic nitrogens is 6. The quantitative estimate of drug-likeness (QED) is 0.174. The lowest BCUT2D eigenvalue weighted by Gasteiger charge is -2.35. The van der Waals surface area contributed by atoms with Crippen LogP contribution in [-0.2, 0) is 20.9 Å². The van der Waals surface area contributed by atoms with Gasteiger partial charge in [0.15, 0.2) is 5.65 Å². The molecule has 2 saturated carbocycles. The van der Waals surface area contributed by atoms with Gasteiger partial charge in [-0.1, -0.05) is 23.4 Å². The first-order chi connectivity index (χ1) is 27.8. The number of nitrogens with two attached hydrogens (primary N) is 1. The molecule has 4 N–H and O–H groups in total. The smallest absolute Gasteiger partial charge is 0.255 e. The van der Waals surface area contributed by atoms with E-state index in [1.807, 2.05) is 35.0 Å². The third kappa shape index (κ3) is 6.41. The molecule has 3 aliphatic heterocycles. The van der Waals surface area contributed by atoms with E-state index in [9.17, 15) is 19.2 Å². The number of imide groups is 1. The van der Waals surface area contributed by atoms with Crippen LogP contribution in [-0.4, -0.2) is 95.5 Å². The fraction of sp³-hybridized carbons (Fsp3) is 0.439. The molecule has 5 aromatic rings. The predicted molar refractivity (Wildman–Crippen MR) is 206 cm³/mol. The second kappa shape index (κ2) is 14.2. The summed E-state index contributed by atoms with van der Waals surface area (Å²) in [5.41, 5.74) is 12.6. The summed E-state index contributed by atoms with van der Waals surface area (Å²) in [5.74, 6) is 0.887. The van der Waals surface area contributed by atoms with Gasteiger partial charge in [0, 0.05) is 49.7 Å². The van der Waals surface area contributed by atoms with Gasteiger partial charge in [-0.15, -0.1) is 0 Å². The molecule has 1 aromatic carbocycles. The standard InChI is InChI=1S/C41H43N11O5/c42-37-33-34(35-32(29-3-1-2-12-43-29)36(57-49-35)23-4-5-23)48-52(38(33)46-21-45-37)27-18-25(19-27)39(54)44-13-16-50-14-10-22(11-15-50)24-6-7-28-26(17-24)20-51(41(28)56)30-8-9-31(53)47-40(30)55/h1-3,6-7,12,17,21-23,25,27,30H,4-5,8-11,13-16,18-20H2,(H,44,54)(H2,42,45,46)(H,47,53,55)/t25?,27?,30-/m1/s1. The van der Waals surface area contributed by atoms with E-state index in [4.69, 9.17) is 15.4 Å². The lowest BCUT2D eigenvalue weighted by molar-refractivity contribution is -0.137. The van der Waals surface area contributed by atoms with Crippen molar-refractivity contribution < 1.29 is 23.7 Å². The third-order valence-corrected chi connectivity index (χ3v) is 12.5. The zero-order valence-electron chi connectivity index (χ0n) is 31.4. The van der Waals surface area contributed by atoms with Crippen LogP contribution in [0.25, 0.3) is 33.7 Å². The minimum atomic E-state index is -0.612. The van der Waals surface area contributed by atoms with Crippen molar-refractivity contribution in [2.45, 2.75) is 81.8 Å². The molecule has 16 heteroatoms. The molecule has 0 spiro atoms. The highest BCUT2D eigenvalue weighted by Crippen LogP contribution is 2.49. The van der Waals surface area contributed by atoms with E-state index in [1.165, 1.54) is 11.9 Å².